The van der Waals surface area contributed by atoms with Crippen molar-refractivity contribution in [2.45, 2.75) is 31.6 Å². The average Bonchev–Trinajstić information content (AvgIpc) is 2.44. The van der Waals surface area contributed by atoms with Gasteiger partial charge in [-0.05, 0) is 38.0 Å². The van der Waals surface area contributed by atoms with Gasteiger partial charge in [0.05, 0.1) is 5.56 Å². The van der Waals surface area contributed by atoms with Crippen molar-refractivity contribution in [2.75, 3.05) is 0 Å². The summed E-state index contributed by atoms with van der Waals surface area (Å²) >= 11 is 1.60. The van der Waals surface area contributed by atoms with E-state index in [0.717, 1.165) is 22.0 Å². The highest BCUT2D eigenvalue weighted by atomic mass is 32.2. The molecule has 3 N–H and O–H groups in total. The molecule has 0 aliphatic carbocycles. The highest BCUT2D eigenvalue weighted by Gasteiger charge is 2.13. The van der Waals surface area contributed by atoms with E-state index in [-0.39, 0.29) is 5.84 Å². The van der Waals surface area contributed by atoms with Crippen LogP contribution in [0.15, 0.2) is 40.5 Å². The molecule has 0 aliphatic heterocycles. The molecule has 21 heavy (non-hydrogen) atoms. The van der Waals surface area contributed by atoms with Gasteiger partial charge in [0.1, 0.15) is 5.03 Å². The van der Waals surface area contributed by atoms with E-state index in [1.54, 1.807) is 11.8 Å². The SMILES string of the molecule is Cc1cccc(CSc2nc(C)cc(C)c2C(N)=NO)c1. The van der Waals surface area contributed by atoms with Crippen molar-refractivity contribution in [1.82, 2.24) is 4.98 Å². The second-order valence-electron chi connectivity index (χ2n) is 5.02. The number of thioether (sulfide) groups is 1. The van der Waals surface area contributed by atoms with Crippen LogP contribution in [-0.4, -0.2) is 16.0 Å². The van der Waals surface area contributed by atoms with Crippen LogP contribution in [0.25, 0.3) is 0 Å². The van der Waals surface area contributed by atoms with Gasteiger partial charge in [0.2, 0.25) is 0 Å². The maximum absolute atomic E-state index is 8.95. The van der Waals surface area contributed by atoms with E-state index >= 15 is 0 Å². The Morgan fingerprint density at radius 2 is 2.05 bits per heavy atom. The van der Waals surface area contributed by atoms with Crippen LogP contribution in [0.3, 0.4) is 0 Å². The van der Waals surface area contributed by atoms with Crippen molar-refractivity contribution in [3.8, 4) is 0 Å². The van der Waals surface area contributed by atoms with Crippen molar-refractivity contribution in [2.24, 2.45) is 10.9 Å². The van der Waals surface area contributed by atoms with Crippen LogP contribution in [0.1, 0.15) is 27.9 Å². The normalized spacial score (nSPS) is 11.7. The molecule has 0 fully saturated rings. The topological polar surface area (TPSA) is 71.5 Å². The summed E-state index contributed by atoms with van der Waals surface area (Å²) in [4.78, 5) is 4.53. The smallest absolute Gasteiger partial charge is 0.173 e. The van der Waals surface area contributed by atoms with Gasteiger partial charge in [-0.1, -0.05) is 35.0 Å². The fourth-order valence-electron chi connectivity index (χ4n) is 2.22. The summed E-state index contributed by atoms with van der Waals surface area (Å²) < 4.78 is 0. The maximum Gasteiger partial charge on any atom is 0.173 e. The molecule has 0 saturated heterocycles. The number of amidine groups is 1. The molecule has 110 valence electrons. The van der Waals surface area contributed by atoms with E-state index in [1.165, 1.54) is 11.1 Å². The second kappa shape index (κ2) is 6.63. The van der Waals surface area contributed by atoms with E-state index in [2.05, 4.69) is 35.3 Å². The van der Waals surface area contributed by atoms with Crippen LogP contribution in [-0.2, 0) is 5.75 Å². The van der Waals surface area contributed by atoms with Gasteiger partial charge in [-0.15, -0.1) is 11.8 Å². The molecule has 1 aromatic carbocycles. The Hall–Kier alpha value is -2.01. The Balaban J connectivity index is 2.31. The van der Waals surface area contributed by atoms with Crippen molar-refractivity contribution < 1.29 is 5.21 Å². The Bertz CT molecular complexity index is 683. The molecule has 1 heterocycles. The number of nitrogens with zero attached hydrogens (tertiary/aromatic N) is 2. The van der Waals surface area contributed by atoms with Gasteiger partial charge >= 0.3 is 0 Å². The van der Waals surface area contributed by atoms with Crippen LogP contribution in [0, 0.1) is 20.8 Å². The molecule has 5 heteroatoms. The Morgan fingerprint density at radius 1 is 1.29 bits per heavy atom. The van der Waals surface area contributed by atoms with Crippen LogP contribution in [0.4, 0.5) is 0 Å². The molecule has 0 amide bonds. The third kappa shape index (κ3) is 3.76. The zero-order valence-corrected chi connectivity index (χ0v) is 13.2. The first kappa shape index (κ1) is 15.4. The van der Waals surface area contributed by atoms with Gasteiger partial charge in [-0.25, -0.2) is 4.98 Å². The number of hydrogen-bond donors (Lipinski definition) is 2. The third-order valence-corrected chi connectivity index (χ3v) is 4.18. The number of oxime groups is 1. The van der Waals surface area contributed by atoms with Crippen molar-refractivity contribution in [3.05, 3.63) is 58.3 Å². The lowest BCUT2D eigenvalue weighted by molar-refractivity contribution is 0.318. The molecule has 0 spiro atoms. The molecule has 2 aromatic rings. The summed E-state index contributed by atoms with van der Waals surface area (Å²) in [5.74, 6) is 0.898. The lowest BCUT2D eigenvalue weighted by Gasteiger charge is -2.11. The van der Waals surface area contributed by atoms with Gasteiger partial charge in [0, 0.05) is 11.4 Å². The number of nitrogens with two attached hydrogens (primary N) is 1. The van der Waals surface area contributed by atoms with E-state index in [4.69, 9.17) is 10.9 Å². The summed E-state index contributed by atoms with van der Waals surface area (Å²) in [6, 6.07) is 10.3. The molecule has 0 saturated carbocycles. The summed E-state index contributed by atoms with van der Waals surface area (Å²) in [5, 5.41) is 12.9. The van der Waals surface area contributed by atoms with E-state index in [1.807, 2.05) is 26.0 Å². The minimum absolute atomic E-state index is 0.103. The van der Waals surface area contributed by atoms with Crippen LogP contribution in [0.5, 0.6) is 0 Å². The maximum atomic E-state index is 8.95. The first-order chi connectivity index (χ1) is 10.0. The Morgan fingerprint density at radius 3 is 2.71 bits per heavy atom. The minimum Gasteiger partial charge on any atom is -0.409 e. The fraction of sp³-hybridized carbons (Fsp3) is 0.250. The highest BCUT2D eigenvalue weighted by Crippen LogP contribution is 2.27. The second-order valence-corrected chi connectivity index (χ2v) is 5.99. The number of pyridine rings is 1. The van der Waals surface area contributed by atoms with E-state index in [0.29, 0.717) is 5.56 Å². The first-order valence-electron chi connectivity index (χ1n) is 6.65. The molecule has 4 nitrogen and oxygen atoms in total. The summed E-state index contributed by atoms with van der Waals surface area (Å²) in [6.45, 7) is 5.96. The van der Waals surface area contributed by atoms with E-state index in [9.17, 15) is 0 Å². The highest BCUT2D eigenvalue weighted by molar-refractivity contribution is 7.98. The van der Waals surface area contributed by atoms with Crippen molar-refractivity contribution in [3.63, 3.8) is 0 Å². The lowest BCUT2D eigenvalue weighted by Crippen LogP contribution is -2.17. The standard InChI is InChI=1S/C16H19N3OS/c1-10-5-4-6-13(7-10)9-21-16-14(15(17)19-20)11(2)8-12(3)18-16/h4-8,20H,9H2,1-3H3,(H2,17,19). The summed E-state index contributed by atoms with van der Waals surface area (Å²) in [6.07, 6.45) is 0. The molecule has 0 unspecified atom stereocenters. The predicted molar refractivity (Wildman–Crippen MR) is 87.0 cm³/mol. The molecule has 0 radical (unpaired) electrons. The van der Waals surface area contributed by atoms with Gasteiger partial charge < -0.3 is 10.9 Å². The molecule has 0 atom stereocenters. The summed E-state index contributed by atoms with van der Waals surface area (Å²) in [5.41, 5.74) is 10.8. The molecule has 1 aromatic heterocycles. The van der Waals surface area contributed by atoms with Gasteiger partial charge in [0.15, 0.2) is 5.84 Å². The number of aryl methyl sites for hydroxylation is 3. The van der Waals surface area contributed by atoms with Gasteiger partial charge in [-0.2, -0.15) is 0 Å². The molecule has 2 rings (SSSR count). The number of hydrogen-bond acceptors (Lipinski definition) is 4. The predicted octanol–water partition coefficient (Wildman–Crippen LogP) is 3.39. The zero-order chi connectivity index (χ0) is 15.4. The molecular formula is C16H19N3OS. The zero-order valence-electron chi connectivity index (χ0n) is 12.4. The van der Waals surface area contributed by atoms with E-state index < -0.39 is 0 Å². The minimum atomic E-state index is 0.103. The van der Waals surface area contributed by atoms with Gasteiger partial charge in [-0.3, -0.25) is 0 Å². The third-order valence-electron chi connectivity index (χ3n) is 3.13. The number of rotatable bonds is 4. The quantitative estimate of drug-likeness (QED) is 0.298. The summed E-state index contributed by atoms with van der Waals surface area (Å²) in [7, 11) is 0. The molecule has 0 aliphatic rings. The molecular weight excluding hydrogens is 282 g/mol. The van der Waals surface area contributed by atoms with Crippen LogP contribution >= 0.6 is 11.8 Å². The van der Waals surface area contributed by atoms with Crippen molar-refractivity contribution in [1.29, 1.82) is 0 Å². The Kier molecular flexibility index (Phi) is 4.85. The average molecular weight is 301 g/mol. The number of aromatic nitrogens is 1. The van der Waals surface area contributed by atoms with Crippen molar-refractivity contribution >= 4 is 17.6 Å². The number of benzene rings is 1. The first-order valence-corrected chi connectivity index (χ1v) is 7.64. The lowest BCUT2D eigenvalue weighted by atomic mass is 10.1. The molecule has 0 bridgehead atoms. The fourth-order valence-corrected chi connectivity index (χ4v) is 3.32. The monoisotopic (exact) mass is 301 g/mol. The van der Waals surface area contributed by atoms with Gasteiger partial charge in [0.25, 0.3) is 0 Å². The van der Waals surface area contributed by atoms with Crippen LogP contribution < -0.4 is 5.73 Å². The largest absolute Gasteiger partial charge is 0.409 e. The Labute approximate surface area is 129 Å². The van der Waals surface area contributed by atoms with Crippen LogP contribution in [0.2, 0.25) is 0 Å².